The lowest BCUT2D eigenvalue weighted by Crippen LogP contribution is -2.46. The number of nitrogens with one attached hydrogen (secondary N) is 1. The number of carbonyl (C=O) groups is 1. The fourth-order valence-electron chi connectivity index (χ4n) is 2.77. The fraction of sp³-hybridized carbons (Fsp3) is 0.588. The van der Waals surface area contributed by atoms with E-state index in [4.69, 9.17) is 0 Å². The zero-order valence-electron chi connectivity index (χ0n) is 13.2. The smallest absolute Gasteiger partial charge is 0.223 e. The van der Waals surface area contributed by atoms with Gasteiger partial charge in [-0.3, -0.25) is 4.79 Å². The third-order valence-electron chi connectivity index (χ3n) is 3.01. The van der Waals surface area contributed by atoms with Gasteiger partial charge in [0.25, 0.3) is 0 Å². The highest BCUT2D eigenvalue weighted by Crippen LogP contribution is 2.27. The van der Waals surface area contributed by atoms with Crippen LogP contribution in [0.2, 0.25) is 0 Å². The normalized spacial score (nSPS) is 13.9. The molecule has 112 valence electrons. The van der Waals surface area contributed by atoms with Gasteiger partial charge < -0.3 is 10.4 Å². The van der Waals surface area contributed by atoms with Crippen molar-refractivity contribution in [2.24, 2.45) is 5.41 Å². The van der Waals surface area contributed by atoms with Crippen molar-refractivity contribution in [2.45, 2.75) is 59.1 Å². The van der Waals surface area contributed by atoms with Gasteiger partial charge in [-0.25, -0.2) is 0 Å². The zero-order chi connectivity index (χ0) is 15.4. The average molecular weight is 277 g/mol. The van der Waals surface area contributed by atoms with Crippen LogP contribution in [0.15, 0.2) is 30.3 Å². The molecule has 0 saturated heterocycles. The van der Waals surface area contributed by atoms with Crippen LogP contribution in [0.3, 0.4) is 0 Å². The second kappa shape index (κ2) is 6.40. The molecule has 2 N–H and O–H groups in total. The molecular weight excluding hydrogens is 250 g/mol. The molecular formula is C17H27NO2. The van der Waals surface area contributed by atoms with Gasteiger partial charge in [-0.15, -0.1) is 0 Å². The summed E-state index contributed by atoms with van der Waals surface area (Å²) in [5.41, 5.74) is 0.650. The van der Waals surface area contributed by atoms with Crippen LogP contribution in [0.1, 0.15) is 59.1 Å². The van der Waals surface area contributed by atoms with E-state index < -0.39 is 6.10 Å². The average Bonchev–Trinajstić information content (AvgIpc) is 2.25. The summed E-state index contributed by atoms with van der Waals surface area (Å²) in [5.74, 6) is -0.115. The first-order chi connectivity index (χ1) is 9.09. The SMILES string of the molecule is CC(C)(C)CC(C)(C)NC(=O)CC(O)c1ccccc1. The Morgan fingerprint density at radius 1 is 1.15 bits per heavy atom. The molecule has 1 rings (SSSR count). The van der Waals surface area contributed by atoms with E-state index in [0.717, 1.165) is 12.0 Å². The van der Waals surface area contributed by atoms with Crippen molar-refractivity contribution in [1.82, 2.24) is 5.32 Å². The summed E-state index contributed by atoms with van der Waals surface area (Å²) in [6, 6.07) is 9.28. The minimum atomic E-state index is -0.748. The number of aliphatic hydroxyl groups is 1. The number of aliphatic hydroxyl groups excluding tert-OH is 1. The lowest BCUT2D eigenvalue weighted by atomic mass is 9.81. The van der Waals surface area contributed by atoms with E-state index >= 15 is 0 Å². The van der Waals surface area contributed by atoms with Gasteiger partial charge in [0.15, 0.2) is 0 Å². The van der Waals surface area contributed by atoms with Crippen LogP contribution in [0.4, 0.5) is 0 Å². The standard InChI is InChI=1S/C17H27NO2/c1-16(2,3)12-17(4,5)18-15(20)11-14(19)13-9-7-6-8-10-13/h6-10,14,19H,11-12H2,1-5H3,(H,18,20). The van der Waals surface area contributed by atoms with Crippen LogP contribution in [0, 0.1) is 5.41 Å². The third kappa shape index (κ3) is 6.20. The van der Waals surface area contributed by atoms with Gasteiger partial charge in [0, 0.05) is 5.54 Å². The highest BCUT2D eigenvalue weighted by atomic mass is 16.3. The van der Waals surface area contributed by atoms with Crippen LogP contribution < -0.4 is 5.32 Å². The van der Waals surface area contributed by atoms with Crippen molar-refractivity contribution in [3.63, 3.8) is 0 Å². The van der Waals surface area contributed by atoms with Crippen molar-refractivity contribution in [1.29, 1.82) is 0 Å². The van der Waals surface area contributed by atoms with Gasteiger partial charge in [-0.1, -0.05) is 51.1 Å². The zero-order valence-corrected chi connectivity index (χ0v) is 13.2. The predicted octanol–water partition coefficient (Wildman–Crippen LogP) is 3.44. The highest BCUT2D eigenvalue weighted by Gasteiger charge is 2.27. The van der Waals surface area contributed by atoms with Gasteiger partial charge in [-0.05, 0) is 31.2 Å². The molecule has 0 radical (unpaired) electrons. The molecule has 0 aromatic heterocycles. The van der Waals surface area contributed by atoms with Gasteiger partial charge in [-0.2, -0.15) is 0 Å². The number of rotatable bonds is 5. The Bertz CT molecular complexity index is 432. The molecule has 1 amide bonds. The number of hydrogen-bond acceptors (Lipinski definition) is 2. The Morgan fingerprint density at radius 2 is 1.70 bits per heavy atom. The Balaban J connectivity index is 2.55. The number of hydrogen-bond donors (Lipinski definition) is 2. The highest BCUT2D eigenvalue weighted by molar-refractivity contribution is 5.77. The first kappa shape index (κ1) is 16.7. The van der Waals surface area contributed by atoms with Crippen LogP contribution in [0.25, 0.3) is 0 Å². The second-order valence-corrected chi connectivity index (χ2v) is 7.30. The number of amides is 1. The molecule has 0 heterocycles. The van der Waals surface area contributed by atoms with E-state index in [2.05, 4.69) is 26.1 Å². The molecule has 1 atom stereocenters. The summed E-state index contributed by atoms with van der Waals surface area (Å²) in [6.45, 7) is 10.5. The molecule has 1 unspecified atom stereocenters. The molecule has 0 saturated carbocycles. The minimum Gasteiger partial charge on any atom is -0.388 e. The van der Waals surface area contributed by atoms with E-state index in [0.29, 0.717) is 0 Å². The minimum absolute atomic E-state index is 0.0948. The Morgan fingerprint density at radius 3 is 2.20 bits per heavy atom. The van der Waals surface area contributed by atoms with Crippen LogP contribution >= 0.6 is 0 Å². The van der Waals surface area contributed by atoms with E-state index in [1.165, 1.54) is 0 Å². The molecule has 1 aromatic rings. The van der Waals surface area contributed by atoms with Crippen molar-refractivity contribution in [3.8, 4) is 0 Å². The van der Waals surface area contributed by atoms with Crippen molar-refractivity contribution in [3.05, 3.63) is 35.9 Å². The van der Waals surface area contributed by atoms with Gasteiger partial charge in [0.2, 0.25) is 5.91 Å². The molecule has 1 aromatic carbocycles. The fourth-order valence-corrected chi connectivity index (χ4v) is 2.77. The molecule has 3 heteroatoms. The molecule has 0 bridgehead atoms. The van der Waals surface area contributed by atoms with E-state index in [-0.39, 0.29) is 23.3 Å². The van der Waals surface area contributed by atoms with E-state index in [1.807, 2.05) is 44.2 Å². The molecule has 0 aliphatic rings. The molecule has 0 aliphatic carbocycles. The maximum atomic E-state index is 12.1. The van der Waals surface area contributed by atoms with Gasteiger partial charge >= 0.3 is 0 Å². The Labute approximate surface area is 122 Å². The maximum Gasteiger partial charge on any atom is 0.223 e. The Hall–Kier alpha value is -1.35. The second-order valence-electron chi connectivity index (χ2n) is 7.30. The van der Waals surface area contributed by atoms with Crippen molar-refractivity contribution >= 4 is 5.91 Å². The van der Waals surface area contributed by atoms with E-state index in [1.54, 1.807) is 0 Å². The summed E-state index contributed by atoms with van der Waals surface area (Å²) < 4.78 is 0. The lowest BCUT2D eigenvalue weighted by Gasteiger charge is -2.33. The van der Waals surface area contributed by atoms with Gasteiger partial charge in [0.1, 0.15) is 0 Å². The van der Waals surface area contributed by atoms with Crippen LogP contribution in [0.5, 0.6) is 0 Å². The monoisotopic (exact) mass is 277 g/mol. The molecule has 3 nitrogen and oxygen atoms in total. The maximum absolute atomic E-state index is 12.1. The van der Waals surface area contributed by atoms with Crippen LogP contribution in [-0.4, -0.2) is 16.6 Å². The topological polar surface area (TPSA) is 49.3 Å². The summed E-state index contributed by atoms with van der Waals surface area (Å²) >= 11 is 0. The summed E-state index contributed by atoms with van der Waals surface area (Å²) in [6.07, 6.45) is 0.228. The largest absolute Gasteiger partial charge is 0.388 e. The molecule has 0 spiro atoms. The predicted molar refractivity (Wildman–Crippen MR) is 82.3 cm³/mol. The van der Waals surface area contributed by atoms with Crippen LogP contribution in [-0.2, 0) is 4.79 Å². The third-order valence-corrected chi connectivity index (χ3v) is 3.01. The van der Waals surface area contributed by atoms with Crippen molar-refractivity contribution < 1.29 is 9.90 Å². The van der Waals surface area contributed by atoms with Crippen molar-refractivity contribution in [2.75, 3.05) is 0 Å². The molecule has 0 fully saturated rings. The molecule has 0 aliphatic heterocycles. The number of carbonyl (C=O) groups excluding carboxylic acids is 1. The lowest BCUT2D eigenvalue weighted by molar-refractivity contribution is -0.125. The summed E-state index contributed by atoms with van der Waals surface area (Å²) in [4.78, 5) is 12.1. The number of benzene rings is 1. The van der Waals surface area contributed by atoms with Gasteiger partial charge in [0.05, 0.1) is 12.5 Å². The first-order valence-electron chi connectivity index (χ1n) is 7.13. The summed E-state index contributed by atoms with van der Waals surface area (Å²) in [7, 11) is 0. The summed E-state index contributed by atoms with van der Waals surface area (Å²) in [5, 5.41) is 13.1. The molecule has 20 heavy (non-hydrogen) atoms. The Kier molecular flexibility index (Phi) is 5.35. The quantitative estimate of drug-likeness (QED) is 0.866. The van der Waals surface area contributed by atoms with E-state index in [9.17, 15) is 9.90 Å². The first-order valence-corrected chi connectivity index (χ1v) is 7.13.